The van der Waals surface area contributed by atoms with Crippen molar-refractivity contribution in [2.75, 3.05) is 84.5 Å². The molecule has 0 amide bonds. The number of nitrogens with one attached hydrogen (secondary N) is 1. The van der Waals surface area contributed by atoms with Gasteiger partial charge in [-0.3, -0.25) is 20.2 Å². The average Bonchev–Trinajstić information content (AvgIpc) is 2.79. The van der Waals surface area contributed by atoms with Gasteiger partial charge in [-0.25, -0.2) is 0 Å². The van der Waals surface area contributed by atoms with Gasteiger partial charge in [-0.1, -0.05) is 0 Å². The van der Waals surface area contributed by atoms with Crippen LogP contribution in [0.5, 0.6) is 0 Å². The minimum Gasteiger partial charge on any atom is -0.415 e. The summed E-state index contributed by atoms with van der Waals surface area (Å²) in [5.74, 6) is 0. The maximum Gasteiger partial charge on any atom is 0.299 e. The van der Waals surface area contributed by atoms with Crippen molar-refractivity contribution in [3.05, 3.63) is 38.4 Å². The fourth-order valence-corrected chi connectivity index (χ4v) is 3.28. The third-order valence-electron chi connectivity index (χ3n) is 4.20. The molecule has 0 unspecified atom stereocenters. The van der Waals surface area contributed by atoms with Crippen LogP contribution in [0.4, 0.5) is 17.1 Å². The zero-order chi connectivity index (χ0) is 25.9. The highest BCUT2D eigenvalue weighted by atomic mass is 28.4. The number of benzene rings is 1. The van der Waals surface area contributed by atoms with Crippen molar-refractivity contribution in [2.45, 2.75) is 19.6 Å². The molecule has 0 fully saturated rings. The van der Waals surface area contributed by atoms with Gasteiger partial charge in [0.25, 0.3) is 11.4 Å². The molecule has 0 atom stereocenters. The first kappa shape index (κ1) is 30.8. The Hall–Kier alpha value is -2.20. The Morgan fingerprint density at radius 1 is 0.714 bits per heavy atom. The van der Waals surface area contributed by atoms with Crippen LogP contribution in [0.15, 0.2) is 18.2 Å². The molecule has 0 bridgehead atoms. The molecule has 200 valence electrons. The zero-order valence-electron chi connectivity index (χ0n) is 20.7. The molecule has 0 aliphatic heterocycles. The van der Waals surface area contributed by atoms with E-state index in [-0.39, 0.29) is 17.1 Å². The largest absolute Gasteiger partial charge is 0.415 e. The van der Waals surface area contributed by atoms with Gasteiger partial charge < -0.3 is 33.4 Å². The summed E-state index contributed by atoms with van der Waals surface area (Å²) < 4.78 is 32.7. The lowest BCUT2D eigenvalue weighted by molar-refractivity contribution is -0.393. The van der Waals surface area contributed by atoms with Crippen LogP contribution in [0, 0.1) is 20.2 Å². The number of anilines is 1. The van der Waals surface area contributed by atoms with Crippen molar-refractivity contribution in [3.63, 3.8) is 0 Å². The van der Waals surface area contributed by atoms with Gasteiger partial charge in [-0.2, -0.15) is 0 Å². The van der Waals surface area contributed by atoms with E-state index in [0.717, 1.165) is 6.07 Å². The third-order valence-corrected chi connectivity index (χ3v) is 5.27. The lowest BCUT2D eigenvalue weighted by Gasteiger charge is -2.16. The second-order valence-electron chi connectivity index (χ2n) is 8.17. The van der Waals surface area contributed by atoms with Crippen LogP contribution in [-0.4, -0.2) is 97.4 Å². The third kappa shape index (κ3) is 16.2. The van der Waals surface area contributed by atoms with E-state index >= 15 is 0 Å². The summed E-state index contributed by atoms with van der Waals surface area (Å²) in [5.41, 5.74) is -0.499. The normalized spacial score (nSPS) is 11.5. The highest BCUT2D eigenvalue weighted by molar-refractivity contribution is 6.69. The van der Waals surface area contributed by atoms with Crippen LogP contribution in [-0.2, 0) is 28.1 Å². The van der Waals surface area contributed by atoms with Gasteiger partial charge in [-0.15, -0.1) is 0 Å². The van der Waals surface area contributed by atoms with Gasteiger partial charge in [0, 0.05) is 12.6 Å². The molecule has 1 rings (SSSR count). The van der Waals surface area contributed by atoms with E-state index in [9.17, 15) is 20.2 Å². The van der Waals surface area contributed by atoms with Crippen LogP contribution in [0.3, 0.4) is 0 Å². The molecule has 0 spiro atoms. The smallest absolute Gasteiger partial charge is 0.299 e. The van der Waals surface area contributed by atoms with Crippen LogP contribution in [0.2, 0.25) is 19.6 Å². The summed E-state index contributed by atoms with van der Waals surface area (Å²) in [4.78, 5) is 20.5. The maximum atomic E-state index is 11.1. The summed E-state index contributed by atoms with van der Waals surface area (Å²) in [5, 5.41) is 24.7. The first-order valence-corrected chi connectivity index (χ1v) is 14.8. The number of ether oxygens (including phenoxy) is 5. The van der Waals surface area contributed by atoms with Crippen molar-refractivity contribution < 1.29 is 38.0 Å². The Labute approximate surface area is 206 Å². The van der Waals surface area contributed by atoms with Crippen molar-refractivity contribution in [2.24, 2.45) is 0 Å². The Morgan fingerprint density at radius 3 is 1.60 bits per heavy atom. The van der Waals surface area contributed by atoms with E-state index in [2.05, 4.69) is 25.0 Å². The molecule has 1 aromatic carbocycles. The van der Waals surface area contributed by atoms with Gasteiger partial charge in [0.15, 0.2) is 8.32 Å². The molecule has 0 radical (unpaired) electrons. The molecular weight excluding hydrogens is 482 g/mol. The molecule has 13 nitrogen and oxygen atoms in total. The van der Waals surface area contributed by atoms with Crippen molar-refractivity contribution in [1.29, 1.82) is 0 Å². The summed E-state index contributed by atoms with van der Waals surface area (Å²) in [7, 11) is -1.47. The van der Waals surface area contributed by atoms with Crippen molar-refractivity contribution in [3.8, 4) is 0 Å². The second-order valence-corrected chi connectivity index (χ2v) is 12.7. The summed E-state index contributed by atoms with van der Waals surface area (Å²) in [6.45, 7) is 11.8. The van der Waals surface area contributed by atoms with Crippen LogP contribution in [0.1, 0.15) is 0 Å². The minimum absolute atomic E-state index is 0.196. The van der Waals surface area contributed by atoms with Gasteiger partial charge in [-0.05, 0) is 25.7 Å². The fraction of sp³-hybridized carbons (Fsp3) is 0.714. The molecule has 35 heavy (non-hydrogen) atoms. The number of nitro groups is 2. The number of non-ortho nitro benzene ring substituents is 1. The molecule has 0 aliphatic carbocycles. The minimum atomic E-state index is -1.47. The Kier molecular flexibility index (Phi) is 16.0. The van der Waals surface area contributed by atoms with Gasteiger partial charge >= 0.3 is 0 Å². The predicted octanol–water partition coefficient (Wildman–Crippen LogP) is 2.85. The number of hydrogen-bond donors (Lipinski definition) is 1. The van der Waals surface area contributed by atoms with E-state index in [1.165, 1.54) is 12.1 Å². The molecule has 0 saturated carbocycles. The molecule has 1 aromatic rings. The van der Waals surface area contributed by atoms with E-state index in [1.807, 2.05) is 0 Å². The van der Waals surface area contributed by atoms with E-state index in [1.54, 1.807) is 0 Å². The highest BCUT2D eigenvalue weighted by Gasteiger charge is 2.19. The van der Waals surface area contributed by atoms with E-state index in [0.29, 0.717) is 79.2 Å². The predicted molar refractivity (Wildman–Crippen MR) is 132 cm³/mol. The topological polar surface area (TPSA) is 154 Å². The lowest BCUT2D eigenvalue weighted by Crippen LogP contribution is -2.27. The monoisotopic (exact) mass is 519 g/mol. The number of nitrogens with zero attached hydrogens (tertiary/aromatic N) is 2. The first-order chi connectivity index (χ1) is 16.7. The molecule has 14 heteroatoms. The number of rotatable bonds is 22. The lowest BCUT2D eigenvalue weighted by atomic mass is 10.2. The molecule has 0 saturated heterocycles. The Balaban J connectivity index is 1.90. The average molecular weight is 520 g/mol. The summed E-state index contributed by atoms with van der Waals surface area (Å²) in [6, 6.07) is 3.44. The maximum absolute atomic E-state index is 11.1. The SMILES string of the molecule is C[Si](C)(C)OCCOCCOCCOCCOCCOCCNc1ccc([N+](=O)[O-])cc1[N+](=O)[O-]. The van der Waals surface area contributed by atoms with E-state index in [4.69, 9.17) is 28.1 Å². The first-order valence-electron chi connectivity index (χ1n) is 11.4. The van der Waals surface area contributed by atoms with Gasteiger partial charge in [0.05, 0.1) is 88.6 Å². The summed E-state index contributed by atoms with van der Waals surface area (Å²) >= 11 is 0. The quantitative estimate of drug-likeness (QED) is 0.104. The zero-order valence-corrected chi connectivity index (χ0v) is 21.7. The molecule has 0 aliphatic rings. The Bertz CT molecular complexity index is 749. The molecule has 0 heterocycles. The molecule has 1 N–H and O–H groups in total. The van der Waals surface area contributed by atoms with E-state index < -0.39 is 18.2 Å². The van der Waals surface area contributed by atoms with Crippen LogP contribution in [0.25, 0.3) is 0 Å². The summed E-state index contributed by atoms with van der Waals surface area (Å²) in [6.07, 6.45) is 0. The number of hydrogen-bond acceptors (Lipinski definition) is 11. The Morgan fingerprint density at radius 2 is 1.17 bits per heavy atom. The second kappa shape index (κ2) is 18.1. The number of nitro benzene ring substituents is 2. The highest BCUT2D eigenvalue weighted by Crippen LogP contribution is 2.28. The molecular formula is C21H37N3O10Si. The molecule has 0 aromatic heterocycles. The van der Waals surface area contributed by atoms with Crippen molar-refractivity contribution in [1.82, 2.24) is 0 Å². The standard InChI is InChI=1S/C21H37N3O10Si/c1-35(2,3)34-17-16-33-15-14-32-13-12-31-11-10-30-9-8-29-7-6-22-20-5-4-19(23(25)26)18-21(20)24(27)28/h4-5,18,22H,6-17H2,1-3H3. The fourth-order valence-electron chi connectivity index (χ4n) is 2.58. The van der Waals surface area contributed by atoms with Crippen LogP contribution >= 0.6 is 0 Å². The van der Waals surface area contributed by atoms with Gasteiger partial charge in [0.1, 0.15) is 5.69 Å². The van der Waals surface area contributed by atoms with Crippen molar-refractivity contribution >= 4 is 25.4 Å². The van der Waals surface area contributed by atoms with Gasteiger partial charge in [0.2, 0.25) is 0 Å². The van der Waals surface area contributed by atoms with Crippen LogP contribution < -0.4 is 5.32 Å².